The van der Waals surface area contributed by atoms with Gasteiger partial charge in [-0.3, -0.25) is 0 Å². The van der Waals surface area contributed by atoms with Gasteiger partial charge in [0.2, 0.25) is 5.95 Å². The number of imidazole rings is 1. The van der Waals surface area contributed by atoms with Gasteiger partial charge in [0.15, 0.2) is 0 Å². The molecule has 2 rings (SSSR count). The lowest BCUT2D eigenvalue weighted by Gasteiger charge is -2.12. The fourth-order valence-corrected chi connectivity index (χ4v) is 1.54. The van der Waals surface area contributed by atoms with E-state index in [-0.39, 0.29) is 0 Å². The molecule has 66 valence electrons. The van der Waals surface area contributed by atoms with E-state index in [1.54, 1.807) is 0 Å². The number of hydrogen-bond acceptors (Lipinski definition) is 3. The lowest BCUT2D eigenvalue weighted by atomic mass is 10.4. The van der Waals surface area contributed by atoms with Crippen molar-refractivity contribution < 1.29 is 0 Å². The summed E-state index contributed by atoms with van der Waals surface area (Å²) in [5, 5.41) is 0. The van der Waals surface area contributed by atoms with Crippen LogP contribution in [0.3, 0.4) is 0 Å². The van der Waals surface area contributed by atoms with Crippen molar-refractivity contribution in [3.05, 3.63) is 11.9 Å². The van der Waals surface area contributed by atoms with Crippen LogP contribution in [0.5, 0.6) is 0 Å². The van der Waals surface area contributed by atoms with Gasteiger partial charge in [-0.15, -0.1) is 0 Å². The smallest absolute Gasteiger partial charge is 0.202 e. The van der Waals surface area contributed by atoms with Crippen molar-refractivity contribution >= 4 is 5.95 Å². The molecule has 1 aromatic heterocycles. The molecule has 1 saturated heterocycles. The van der Waals surface area contributed by atoms with Crippen molar-refractivity contribution in [1.29, 1.82) is 0 Å². The molecule has 0 unspecified atom stereocenters. The Bertz CT molecular complexity index is 249. The Hall–Kier alpha value is -1.03. The van der Waals surface area contributed by atoms with Crippen LogP contribution in [-0.2, 0) is 6.54 Å². The molecule has 1 aromatic rings. The van der Waals surface area contributed by atoms with Crippen LogP contribution < -0.4 is 10.6 Å². The van der Waals surface area contributed by atoms with Crippen LogP contribution in [0.15, 0.2) is 6.20 Å². The molecule has 0 radical (unpaired) electrons. The number of anilines is 1. The van der Waals surface area contributed by atoms with E-state index in [1.807, 2.05) is 6.20 Å². The van der Waals surface area contributed by atoms with E-state index in [2.05, 4.69) is 14.9 Å². The van der Waals surface area contributed by atoms with Crippen molar-refractivity contribution in [2.45, 2.75) is 19.4 Å². The van der Waals surface area contributed by atoms with Gasteiger partial charge in [0, 0.05) is 25.3 Å². The van der Waals surface area contributed by atoms with Crippen LogP contribution >= 0.6 is 0 Å². The average molecular weight is 166 g/mol. The van der Waals surface area contributed by atoms with Crippen LogP contribution in [0.2, 0.25) is 0 Å². The molecule has 0 aliphatic carbocycles. The van der Waals surface area contributed by atoms with Crippen molar-refractivity contribution in [1.82, 2.24) is 9.97 Å². The highest BCUT2D eigenvalue weighted by molar-refractivity contribution is 5.32. The first-order valence-electron chi connectivity index (χ1n) is 4.39. The molecule has 4 nitrogen and oxygen atoms in total. The minimum absolute atomic E-state index is 0.542. The molecule has 1 aliphatic heterocycles. The minimum Gasteiger partial charge on any atom is -0.342 e. The maximum Gasteiger partial charge on any atom is 0.202 e. The molecule has 4 heteroatoms. The molecule has 0 aromatic carbocycles. The van der Waals surface area contributed by atoms with E-state index >= 15 is 0 Å². The number of H-pyrrole nitrogens is 1. The largest absolute Gasteiger partial charge is 0.342 e. The summed E-state index contributed by atoms with van der Waals surface area (Å²) < 4.78 is 0. The highest BCUT2D eigenvalue weighted by atomic mass is 15.3. The van der Waals surface area contributed by atoms with E-state index in [0.717, 1.165) is 24.7 Å². The van der Waals surface area contributed by atoms with E-state index in [0.29, 0.717) is 6.54 Å². The summed E-state index contributed by atoms with van der Waals surface area (Å²) in [5.74, 6) is 0.980. The molecule has 2 heterocycles. The van der Waals surface area contributed by atoms with Gasteiger partial charge >= 0.3 is 0 Å². The summed E-state index contributed by atoms with van der Waals surface area (Å²) in [6, 6.07) is 0. The third-order valence-electron chi connectivity index (χ3n) is 2.24. The fraction of sp³-hybridized carbons (Fsp3) is 0.625. The van der Waals surface area contributed by atoms with Crippen molar-refractivity contribution in [3.8, 4) is 0 Å². The molecule has 1 aliphatic rings. The third kappa shape index (κ3) is 1.30. The van der Waals surface area contributed by atoms with Gasteiger partial charge in [0.25, 0.3) is 0 Å². The second-order valence-electron chi connectivity index (χ2n) is 3.13. The summed E-state index contributed by atoms with van der Waals surface area (Å²) in [7, 11) is 0. The van der Waals surface area contributed by atoms with Crippen LogP contribution in [0.1, 0.15) is 18.5 Å². The van der Waals surface area contributed by atoms with Crippen molar-refractivity contribution in [2.75, 3.05) is 18.0 Å². The number of aromatic nitrogens is 2. The Labute approximate surface area is 71.8 Å². The number of hydrogen-bond donors (Lipinski definition) is 2. The lowest BCUT2D eigenvalue weighted by Crippen LogP contribution is -2.18. The zero-order valence-electron chi connectivity index (χ0n) is 7.08. The summed E-state index contributed by atoms with van der Waals surface area (Å²) in [6.45, 7) is 2.79. The number of rotatable bonds is 2. The first-order valence-corrected chi connectivity index (χ1v) is 4.39. The van der Waals surface area contributed by atoms with E-state index in [1.165, 1.54) is 12.8 Å². The van der Waals surface area contributed by atoms with Crippen LogP contribution in [0.25, 0.3) is 0 Å². The topological polar surface area (TPSA) is 57.9 Å². The van der Waals surface area contributed by atoms with E-state index < -0.39 is 0 Å². The molecular weight excluding hydrogens is 152 g/mol. The van der Waals surface area contributed by atoms with E-state index in [9.17, 15) is 0 Å². The third-order valence-corrected chi connectivity index (χ3v) is 2.24. The SMILES string of the molecule is NCc1cnc(N2CCCC2)[nH]1. The van der Waals surface area contributed by atoms with Gasteiger partial charge in [-0.05, 0) is 12.8 Å². The molecule has 1 fully saturated rings. The molecule has 3 N–H and O–H groups in total. The lowest BCUT2D eigenvalue weighted by molar-refractivity contribution is 0.907. The maximum atomic E-state index is 5.47. The van der Waals surface area contributed by atoms with Gasteiger partial charge in [-0.2, -0.15) is 0 Å². The van der Waals surface area contributed by atoms with E-state index in [4.69, 9.17) is 5.73 Å². The second kappa shape index (κ2) is 3.15. The van der Waals surface area contributed by atoms with Crippen LogP contribution in [-0.4, -0.2) is 23.1 Å². The van der Waals surface area contributed by atoms with Gasteiger partial charge in [0.1, 0.15) is 0 Å². The zero-order valence-corrected chi connectivity index (χ0v) is 7.08. The molecular formula is C8H14N4. The fourth-order valence-electron chi connectivity index (χ4n) is 1.54. The molecule has 0 saturated carbocycles. The van der Waals surface area contributed by atoms with Crippen molar-refractivity contribution in [3.63, 3.8) is 0 Å². The summed E-state index contributed by atoms with van der Waals surface area (Å²) in [4.78, 5) is 9.72. The zero-order chi connectivity index (χ0) is 8.39. The Morgan fingerprint density at radius 2 is 2.25 bits per heavy atom. The Morgan fingerprint density at radius 1 is 1.50 bits per heavy atom. The summed E-state index contributed by atoms with van der Waals surface area (Å²) in [5.41, 5.74) is 6.48. The van der Waals surface area contributed by atoms with Crippen LogP contribution in [0, 0.1) is 0 Å². The Balaban J connectivity index is 2.11. The number of nitrogens with zero attached hydrogens (tertiary/aromatic N) is 2. The molecule has 0 atom stereocenters. The highest BCUT2D eigenvalue weighted by Gasteiger charge is 2.14. The first kappa shape index (κ1) is 7.61. The molecule has 12 heavy (non-hydrogen) atoms. The predicted molar refractivity (Wildman–Crippen MR) is 47.9 cm³/mol. The van der Waals surface area contributed by atoms with Gasteiger partial charge in [0.05, 0.1) is 6.20 Å². The minimum atomic E-state index is 0.542. The van der Waals surface area contributed by atoms with Crippen LogP contribution in [0.4, 0.5) is 5.95 Å². The standard InChI is InChI=1S/C8H14N4/c9-5-7-6-10-8(11-7)12-3-1-2-4-12/h6H,1-5,9H2,(H,10,11). The predicted octanol–water partition coefficient (Wildman–Crippen LogP) is 0.469. The molecule has 0 bridgehead atoms. The summed E-state index contributed by atoms with van der Waals surface area (Å²) in [6.07, 6.45) is 4.37. The number of nitrogens with one attached hydrogen (secondary N) is 1. The second-order valence-corrected chi connectivity index (χ2v) is 3.13. The average Bonchev–Trinajstić information content (AvgIpc) is 2.75. The highest BCUT2D eigenvalue weighted by Crippen LogP contribution is 2.15. The first-order chi connectivity index (χ1) is 5.90. The summed E-state index contributed by atoms with van der Waals surface area (Å²) >= 11 is 0. The van der Waals surface area contributed by atoms with Gasteiger partial charge < -0.3 is 15.6 Å². The normalized spacial score (nSPS) is 17.2. The van der Waals surface area contributed by atoms with Gasteiger partial charge in [-0.1, -0.05) is 0 Å². The monoisotopic (exact) mass is 166 g/mol. The quantitative estimate of drug-likeness (QED) is 0.671. The Kier molecular flexibility index (Phi) is 1.99. The molecule has 0 amide bonds. The number of aromatic amines is 1. The molecule has 0 spiro atoms. The van der Waals surface area contributed by atoms with Crippen molar-refractivity contribution in [2.24, 2.45) is 5.73 Å². The maximum absolute atomic E-state index is 5.47. The number of nitrogens with two attached hydrogens (primary N) is 1. The Morgan fingerprint density at radius 3 is 2.83 bits per heavy atom. The van der Waals surface area contributed by atoms with Gasteiger partial charge in [-0.25, -0.2) is 4.98 Å².